The van der Waals surface area contributed by atoms with E-state index in [4.69, 9.17) is 22.3 Å². The minimum atomic E-state index is -0.710. The van der Waals surface area contributed by atoms with Crippen molar-refractivity contribution in [3.05, 3.63) is 71.4 Å². The van der Waals surface area contributed by atoms with Crippen molar-refractivity contribution in [1.82, 2.24) is 14.5 Å². The van der Waals surface area contributed by atoms with Crippen molar-refractivity contribution in [1.29, 1.82) is 0 Å². The van der Waals surface area contributed by atoms with Crippen molar-refractivity contribution in [3.63, 3.8) is 0 Å². The number of imidazole rings is 1. The van der Waals surface area contributed by atoms with Gasteiger partial charge < -0.3 is 10.6 Å². The summed E-state index contributed by atoms with van der Waals surface area (Å²) in [5.41, 5.74) is 6.39. The van der Waals surface area contributed by atoms with Crippen LogP contribution in [0.25, 0.3) is 17.5 Å². The average molecular weight is 443 g/mol. The number of nitrogens with two attached hydrogens (primary N) is 1. The lowest BCUT2D eigenvalue weighted by molar-refractivity contribution is -0.132. The average Bonchev–Trinajstić information content (AvgIpc) is 3.09. The molecule has 0 spiro atoms. The number of carbonyl (C=O) groups is 1. The van der Waals surface area contributed by atoms with Gasteiger partial charge in [0.25, 0.3) is 0 Å². The standard InChI is InChI=1S/C22H20ClFN4OS/c1-22(2)21-26-19(14-3-7-16(24)8-4-14)20(30-17-9-5-15(23)6-10-17)27(21)11-12-28(22)18(29)13-25/h3-12H,13,25H2,1-2H3. The molecule has 1 amide bonds. The van der Waals surface area contributed by atoms with Crippen LogP contribution >= 0.6 is 23.4 Å². The summed E-state index contributed by atoms with van der Waals surface area (Å²) in [6.45, 7) is 3.76. The van der Waals surface area contributed by atoms with E-state index >= 15 is 0 Å². The summed E-state index contributed by atoms with van der Waals surface area (Å²) < 4.78 is 15.5. The second-order valence-electron chi connectivity index (χ2n) is 7.35. The summed E-state index contributed by atoms with van der Waals surface area (Å²) in [6.07, 6.45) is 3.54. The summed E-state index contributed by atoms with van der Waals surface area (Å²) in [5.74, 6) is 0.192. The topological polar surface area (TPSA) is 64.2 Å². The number of hydrogen-bond acceptors (Lipinski definition) is 4. The second kappa shape index (κ2) is 7.91. The highest BCUT2D eigenvalue weighted by atomic mass is 35.5. The Balaban J connectivity index is 1.87. The van der Waals surface area contributed by atoms with Crippen LogP contribution in [0.4, 0.5) is 4.39 Å². The third-order valence-corrected chi connectivity index (χ3v) is 6.31. The Morgan fingerprint density at radius 2 is 1.80 bits per heavy atom. The first-order valence-corrected chi connectivity index (χ1v) is 10.5. The zero-order chi connectivity index (χ0) is 21.5. The molecule has 1 aliphatic heterocycles. The molecule has 5 nitrogen and oxygen atoms in total. The Morgan fingerprint density at radius 3 is 2.43 bits per heavy atom. The van der Waals surface area contributed by atoms with E-state index in [1.807, 2.05) is 48.9 Å². The van der Waals surface area contributed by atoms with E-state index in [0.717, 1.165) is 15.5 Å². The van der Waals surface area contributed by atoms with E-state index in [1.165, 1.54) is 23.9 Å². The normalized spacial score (nSPS) is 14.6. The van der Waals surface area contributed by atoms with E-state index < -0.39 is 5.54 Å². The molecule has 0 saturated carbocycles. The fourth-order valence-electron chi connectivity index (χ4n) is 3.42. The lowest BCUT2D eigenvalue weighted by atomic mass is 10.0. The number of fused-ring (bicyclic) bond motifs is 1. The molecule has 1 aromatic heterocycles. The maximum Gasteiger partial charge on any atom is 0.241 e. The molecule has 2 aromatic carbocycles. The number of rotatable bonds is 4. The third kappa shape index (κ3) is 3.64. The molecule has 0 unspecified atom stereocenters. The highest BCUT2D eigenvalue weighted by Crippen LogP contribution is 2.42. The molecule has 0 saturated heterocycles. The highest BCUT2D eigenvalue weighted by Gasteiger charge is 2.39. The van der Waals surface area contributed by atoms with Crippen LogP contribution in [0.15, 0.2) is 64.7 Å². The summed E-state index contributed by atoms with van der Waals surface area (Å²) >= 11 is 7.55. The SMILES string of the molecule is CC1(C)c2nc(-c3ccc(F)cc3)c(Sc3ccc(Cl)cc3)n2C=CN1C(=O)CN. The van der Waals surface area contributed by atoms with Gasteiger partial charge >= 0.3 is 0 Å². The van der Waals surface area contributed by atoms with Gasteiger partial charge in [0.05, 0.1) is 6.54 Å². The van der Waals surface area contributed by atoms with E-state index in [0.29, 0.717) is 16.5 Å². The van der Waals surface area contributed by atoms with Crippen molar-refractivity contribution in [2.24, 2.45) is 5.73 Å². The van der Waals surface area contributed by atoms with Gasteiger partial charge in [0.1, 0.15) is 27.9 Å². The van der Waals surface area contributed by atoms with Crippen LogP contribution in [0.3, 0.4) is 0 Å². The maximum atomic E-state index is 13.5. The fourth-order valence-corrected chi connectivity index (χ4v) is 4.54. The Morgan fingerprint density at radius 1 is 1.13 bits per heavy atom. The predicted octanol–water partition coefficient (Wildman–Crippen LogP) is 4.96. The quantitative estimate of drug-likeness (QED) is 0.620. The van der Waals surface area contributed by atoms with Crippen molar-refractivity contribution < 1.29 is 9.18 Å². The summed E-state index contributed by atoms with van der Waals surface area (Å²) in [4.78, 5) is 19.8. The molecule has 2 heterocycles. The third-order valence-electron chi connectivity index (χ3n) is 4.97. The molecule has 3 aromatic rings. The minimum absolute atomic E-state index is 0.0916. The monoisotopic (exact) mass is 442 g/mol. The smallest absolute Gasteiger partial charge is 0.241 e. The first kappa shape index (κ1) is 20.7. The van der Waals surface area contributed by atoms with Gasteiger partial charge in [0, 0.05) is 27.9 Å². The van der Waals surface area contributed by atoms with Gasteiger partial charge in [-0.15, -0.1) is 0 Å². The summed E-state index contributed by atoms with van der Waals surface area (Å²) in [5, 5.41) is 1.52. The van der Waals surface area contributed by atoms with Crippen molar-refractivity contribution >= 4 is 35.5 Å². The van der Waals surface area contributed by atoms with Gasteiger partial charge in [-0.2, -0.15) is 0 Å². The van der Waals surface area contributed by atoms with E-state index in [-0.39, 0.29) is 18.3 Å². The van der Waals surface area contributed by atoms with Crippen LogP contribution in [0, 0.1) is 5.82 Å². The molecule has 8 heteroatoms. The number of halogens is 2. The van der Waals surface area contributed by atoms with Crippen LogP contribution in [0.1, 0.15) is 19.7 Å². The molecule has 0 atom stereocenters. The lowest BCUT2D eigenvalue weighted by Gasteiger charge is -2.38. The lowest BCUT2D eigenvalue weighted by Crippen LogP contribution is -2.47. The number of aromatic nitrogens is 2. The van der Waals surface area contributed by atoms with Crippen molar-refractivity contribution in [3.8, 4) is 11.3 Å². The van der Waals surface area contributed by atoms with Gasteiger partial charge in [-0.25, -0.2) is 9.37 Å². The second-order valence-corrected chi connectivity index (χ2v) is 8.85. The molecule has 0 radical (unpaired) electrons. The van der Waals surface area contributed by atoms with Crippen LogP contribution in [0.2, 0.25) is 5.02 Å². The largest absolute Gasteiger partial charge is 0.322 e. The Bertz CT molecular complexity index is 1120. The number of nitrogens with zero attached hydrogens (tertiary/aromatic N) is 3. The fraction of sp³-hybridized carbons (Fsp3) is 0.182. The van der Waals surface area contributed by atoms with E-state index in [1.54, 1.807) is 23.2 Å². The molecule has 0 fully saturated rings. The van der Waals surface area contributed by atoms with Gasteiger partial charge in [0.2, 0.25) is 5.91 Å². The summed E-state index contributed by atoms with van der Waals surface area (Å²) in [6, 6.07) is 13.8. The van der Waals surface area contributed by atoms with E-state index in [2.05, 4.69) is 0 Å². The first-order valence-electron chi connectivity index (χ1n) is 9.34. The van der Waals surface area contributed by atoms with Gasteiger partial charge in [-0.05, 0) is 62.4 Å². The molecular weight excluding hydrogens is 423 g/mol. The Labute approximate surface area is 183 Å². The van der Waals surface area contributed by atoms with Gasteiger partial charge in [0.15, 0.2) is 0 Å². The molecule has 30 heavy (non-hydrogen) atoms. The van der Waals surface area contributed by atoms with Crippen LogP contribution in [-0.2, 0) is 10.3 Å². The maximum absolute atomic E-state index is 13.5. The molecule has 154 valence electrons. The predicted molar refractivity (Wildman–Crippen MR) is 117 cm³/mol. The molecular formula is C22H20ClFN4OS. The Hall–Kier alpha value is -2.61. The van der Waals surface area contributed by atoms with Gasteiger partial charge in [-0.3, -0.25) is 9.36 Å². The number of amides is 1. The number of hydrogen-bond donors (Lipinski definition) is 1. The first-order chi connectivity index (χ1) is 14.3. The summed E-state index contributed by atoms with van der Waals surface area (Å²) in [7, 11) is 0. The Kier molecular flexibility index (Phi) is 5.44. The van der Waals surface area contributed by atoms with Crippen LogP contribution in [0.5, 0.6) is 0 Å². The number of carbonyl (C=O) groups excluding carboxylic acids is 1. The molecule has 4 rings (SSSR count). The molecule has 1 aliphatic rings. The zero-order valence-electron chi connectivity index (χ0n) is 16.5. The number of benzene rings is 2. The zero-order valence-corrected chi connectivity index (χ0v) is 18.0. The van der Waals surface area contributed by atoms with Crippen molar-refractivity contribution in [2.75, 3.05) is 6.54 Å². The van der Waals surface area contributed by atoms with Crippen molar-refractivity contribution in [2.45, 2.75) is 29.3 Å². The van der Waals surface area contributed by atoms with Crippen LogP contribution in [-0.4, -0.2) is 26.9 Å². The van der Waals surface area contributed by atoms with Gasteiger partial charge in [-0.1, -0.05) is 23.4 Å². The minimum Gasteiger partial charge on any atom is -0.322 e. The highest BCUT2D eigenvalue weighted by molar-refractivity contribution is 7.99. The van der Waals surface area contributed by atoms with E-state index in [9.17, 15) is 9.18 Å². The molecule has 0 bridgehead atoms. The molecule has 2 N–H and O–H groups in total. The van der Waals surface area contributed by atoms with Crippen LogP contribution < -0.4 is 5.73 Å². The molecule has 0 aliphatic carbocycles.